The average Bonchev–Trinajstić information content (AvgIpc) is 3.32. The maximum atomic E-state index is 12.5. The summed E-state index contributed by atoms with van der Waals surface area (Å²) in [4.78, 5) is 25.7. The molecule has 1 saturated carbocycles. The minimum atomic E-state index is -0.276. The number of nitrogens with zero attached hydrogens (tertiary/aromatic N) is 3. The van der Waals surface area contributed by atoms with Gasteiger partial charge in [-0.2, -0.15) is 5.10 Å². The zero-order valence-electron chi connectivity index (χ0n) is 14.5. The van der Waals surface area contributed by atoms with Crippen LogP contribution < -0.4 is 5.32 Å². The topological polar surface area (TPSA) is 67.2 Å². The van der Waals surface area contributed by atoms with Crippen molar-refractivity contribution >= 4 is 23.4 Å². The number of aryl methyl sites for hydroxylation is 1. The van der Waals surface area contributed by atoms with E-state index in [1.165, 1.54) is 4.90 Å². The first kappa shape index (κ1) is 17.5. The van der Waals surface area contributed by atoms with Crippen molar-refractivity contribution in [1.29, 1.82) is 0 Å². The fourth-order valence-electron chi connectivity index (χ4n) is 2.61. The van der Waals surface area contributed by atoms with Crippen molar-refractivity contribution in [2.45, 2.75) is 25.7 Å². The third-order valence-corrected chi connectivity index (χ3v) is 4.72. The fourth-order valence-corrected chi connectivity index (χ4v) is 2.79. The summed E-state index contributed by atoms with van der Waals surface area (Å²) in [6.45, 7) is 1.91. The van der Waals surface area contributed by atoms with Crippen molar-refractivity contribution in [2.24, 2.45) is 0 Å². The predicted octanol–water partition coefficient (Wildman–Crippen LogP) is 2.53. The highest BCUT2D eigenvalue weighted by Gasteiger charge is 2.33. The molecule has 132 valence electrons. The number of carbonyl (C=O) groups excluding carboxylic acids is 2. The van der Waals surface area contributed by atoms with Crippen LogP contribution in [0.1, 0.15) is 40.4 Å². The van der Waals surface area contributed by atoms with Gasteiger partial charge in [0.1, 0.15) is 0 Å². The average molecular weight is 361 g/mol. The Hall–Kier alpha value is -2.34. The van der Waals surface area contributed by atoms with Gasteiger partial charge >= 0.3 is 0 Å². The zero-order valence-corrected chi connectivity index (χ0v) is 15.3. The van der Waals surface area contributed by atoms with E-state index in [4.69, 9.17) is 11.6 Å². The summed E-state index contributed by atoms with van der Waals surface area (Å²) in [5.41, 5.74) is 3.23. The van der Waals surface area contributed by atoms with Crippen LogP contribution in [0.3, 0.4) is 0 Å². The highest BCUT2D eigenvalue weighted by atomic mass is 35.5. The van der Waals surface area contributed by atoms with Crippen LogP contribution in [0.5, 0.6) is 0 Å². The summed E-state index contributed by atoms with van der Waals surface area (Å²) in [7, 11) is 3.31. The highest BCUT2D eigenvalue weighted by molar-refractivity contribution is 6.31. The fraction of sp³-hybridized carbons (Fsp3) is 0.389. The molecule has 1 aliphatic carbocycles. The van der Waals surface area contributed by atoms with Gasteiger partial charge in [0, 0.05) is 25.0 Å². The van der Waals surface area contributed by atoms with Crippen molar-refractivity contribution < 1.29 is 9.59 Å². The van der Waals surface area contributed by atoms with E-state index in [2.05, 4.69) is 10.4 Å². The van der Waals surface area contributed by atoms with Gasteiger partial charge in [0.25, 0.3) is 5.91 Å². The molecule has 3 rings (SSSR count). The quantitative estimate of drug-likeness (QED) is 0.890. The number of amides is 2. The van der Waals surface area contributed by atoms with Gasteiger partial charge in [-0.15, -0.1) is 0 Å². The Morgan fingerprint density at radius 1 is 1.36 bits per heavy atom. The molecule has 7 heteroatoms. The molecule has 0 unspecified atom stereocenters. The number of hydrogen-bond donors (Lipinski definition) is 1. The number of likely N-dealkylation sites (N-methyl/N-ethyl adjacent to an activating group) is 1. The van der Waals surface area contributed by atoms with E-state index >= 15 is 0 Å². The van der Waals surface area contributed by atoms with Crippen LogP contribution in [-0.2, 0) is 4.79 Å². The summed E-state index contributed by atoms with van der Waals surface area (Å²) in [5.74, 6) is -0.117. The van der Waals surface area contributed by atoms with E-state index < -0.39 is 0 Å². The molecule has 1 heterocycles. The Morgan fingerprint density at radius 3 is 2.68 bits per heavy atom. The molecule has 1 N–H and O–H groups in total. The van der Waals surface area contributed by atoms with Crippen molar-refractivity contribution in [3.8, 4) is 5.69 Å². The molecule has 0 saturated heterocycles. The lowest BCUT2D eigenvalue weighted by molar-refractivity contribution is -0.127. The lowest BCUT2D eigenvalue weighted by Gasteiger charge is -2.12. The molecular formula is C18H21ClN4O2. The third-order valence-electron chi connectivity index (χ3n) is 4.31. The third kappa shape index (κ3) is 3.69. The van der Waals surface area contributed by atoms with Gasteiger partial charge in [0.05, 0.1) is 29.7 Å². The van der Waals surface area contributed by atoms with E-state index in [9.17, 15) is 9.59 Å². The Bertz CT molecular complexity index is 824. The summed E-state index contributed by atoms with van der Waals surface area (Å²) >= 11 is 6.23. The van der Waals surface area contributed by atoms with E-state index in [0.717, 1.165) is 29.8 Å². The number of hydrogen-bond acceptors (Lipinski definition) is 3. The van der Waals surface area contributed by atoms with Crippen LogP contribution in [0.25, 0.3) is 5.69 Å². The number of nitrogens with one attached hydrogen (secondary N) is 1. The van der Waals surface area contributed by atoms with Gasteiger partial charge in [0.2, 0.25) is 5.91 Å². The van der Waals surface area contributed by atoms with Crippen LogP contribution >= 0.6 is 11.6 Å². The van der Waals surface area contributed by atoms with Crippen molar-refractivity contribution in [3.05, 3.63) is 46.2 Å². The van der Waals surface area contributed by atoms with Gasteiger partial charge < -0.3 is 10.2 Å². The molecule has 1 aromatic heterocycles. The minimum absolute atomic E-state index is 0.0303. The second kappa shape index (κ2) is 6.88. The molecule has 2 amide bonds. The molecule has 0 bridgehead atoms. The van der Waals surface area contributed by atoms with Crippen molar-refractivity contribution in [1.82, 2.24) is 20.0 Å². The number of benzene rings is 1. The van der Waals surface area contributed by atoms with Crippen LogP contribution in [0.2, 0.25) is 5.02 Å². The van der Waals surface area contributed by atoms with E-state index in [1.807, 2.05) is 25.1 Å². The van der Waals surface area contributed by atoms with Gasteiger partial charge in [-0.1, -0.05) is 17.7 Å². The standard InChI is InChI=1S/C18H21ClN4O2/c1-11-4-7-13(8-15(11)19)23-17(12-5-6-12)14(9-21-23)18(25)20-10-16(24)22(2)3/h4,7-9,12H,5-6,10H2,1-3H3,(H,20,25). The minimum Gasteiger partial charge on any atom is -0.347 e. The molecule has 0 radical (unpaired) electrons. The molecule has 2 aromatic rings. The van der Waals surface area contributed by atoms with Crippen LogP contribution in [0, 0.1) is 6.92 Å². The lowest BCUT2D eigenvalue weighted by atomic mass is 10.1. The molecule has 1 aromatic carbocycles. The molecule has 1 aliphatic rings. The number of carbonyl (C=O) groups is 2. The summed E-state index contributed by atoms with van der Waals surface area (Å²) in [6.07, 6.45) is 3.63. The molecule has 0 atom stereocenters. The Balaban J connectivity index is 1.88. The molecule has 0 aliphatic heterocycles. The second-order valence-corrected chi connectivity index (χ2v) is 6.94. The van der Waals surface area contributed by atoms with Crippen LogP contribution in [0.15, 0.2) is 24.4 Å². The summed E-state index contributed by atoms with van der Waals surface area (Å²) in [5, 5.41) is 7.75. The Labute approximate surface area is 151 Å². The Morgan fingerprint density at radius 2 is 2.08 bits per heavy atom. The predicted molar refractivity (Wildman–Crippen MR) is 96.3 cm³/mol. The number of halogens is 1. The molecule has 25 heavy (non-hydrogen) atoms. The van der Waals surface area contributed by atoms with Crippen molar-refractivity contribution in [3.63, 3.8) is 0 Å². The molecule has 6 nitrogen and oxygen atoms in total. The lowest BCUT2D eigenvalue weighted by Crippen LogP contribution is -2.36. The molecule has 1 fully saturated rings. The van der Waals surface area contributed by atoms with Gasteiger partial charge in [-0.05, 0) is 37.5 Å². The number of aromatic nitrogens is 2. The largest absolute Gasteiger partial charge is 0.347 e. The van der Waals surface area contributed by atoms with Gasteiger partial charge in [-0.3, -0.25) is 9.59 Å². The van der Waals surface area contributed by atoms with Gasteiger partial charge in [-0.25, -0.2) is 4.68 Å². The van der Waals surface area contributed by atoms with Crippen molar-refractivity contribution in [2.75, 3.05) is 20.6 Å². The SMILES string of the molecule is Cc1ccc(-n2ncc(C(=O)NCC(=O)N(C)C)c2C2CC2)cc1Cl. The van der Waals surface area contributed by atoms with E-state index in [-0.39, 0.29) is 18.4 Å². The normalized spacial score (nSPS) is 13.6. The van der Waals surface area contributed by atoms with E-state index in [0.29, 0.717) is 16.5 Å². The summed E-state index contributed by atoms with van der Waals surface area (Å²) in [6, 6.07) is 5.73. The highest BCUT2D eigenvalue weighted by Crippen LogP contribution is 2.42. The van der Waals surface area contributed by atoms with E-state index in [1.54, 1.807) is 25.0 Å². The van der Waals surface area contributed by atoms with Crippen LogP contribution in [0.4, 0.5) is 0 Å². The summed E-state index contributed by atoms with van der Waals surface area (Å²) < 4.78 is 1.78. The molecular weight excluding hydrogens is 340 g/mol. The zero-order chi connectivity index (χ0) is 18.1. The monoisotopic (exact) mass is 360 g/mol. The second-order valence-electron chi connectivity index (χ2n) is 6.53. The maximum absolute atomic E-state index is 12.5. The van der Waals surface area contributed by atoms with Crippen LogP contribution in [-0.4, -0.2) is 47.1 Å². The smallest absolute Gasteiger partial charge is 0.255 e. The molecule has 0 spiro atoms. The first-order chi connectivity index (χ1) is 11.9. The number of rotatable bonds is 5. The Kier molecular flexibility index (Phi) is 4.81. The van der Waals surface area contributed by atoms with Gasteiger partial charge in [0.15, 0.2) is 0 Å². The first-order valence-corrected chi connectivity index (χ1v) is 8.59. The first-order valence-electron chi connectivity index (χ1n) is 8.21. The maximum Gasteiger partial charge on any atom is 0.255 e.